The number of nitrogens with zero attached hydrogens (tertiary/aromatic N) is 1. The van der Waals surface area contributed by atoms with Crippen LogP contribution in [0.25, 0.3) is 0 Å². The molecule has 92 valence electrons. The maximum absolute atomic E-state index is 5.71. The van der Waals surface area contributed by atoms with Crippen LogP contribution in [0.15, 0.2) is 29.8 Å². The molecule has 0 radical (unpaired) electrons. The van der Waals surface area contributed by atoms with Crippen LogP contribution in [0.1, 0.15) is 49.5 Å². The maximum atomic E-state index is 5.71. The van der Waals surface area contributed by atoms with Crippen LogP contribution in [-0.4, -0.2) is 4.98 Å². The Labute approximate surface area is 103 Å². The first kappa shape index (κ1) is 12.3. The average Bonchev–Trinajstić information content (AvgIpc) is 2.59. The summed E-state index contributed by atoms with van der Waals surface area (Å²) in [5.41, 5.74) is 6.37. The van der Waals surface area contributed by atoms with Crippen molar-refractivity contribution in [3.8, 4) is 0 Å². The summed E-state index contributed by atoms with van der Waals surface area (Å²) in [6.07, 6.45) is 8.50. The molecule has 17 heavy (non-hydrogen) atoms. The Hall–Kier alpha value is -1.19. The van der Waals surface area contributed by atoms with Crippen molar-refractivity contribution in [3.05, 3.63) is 41.2 Å². The minimum atomic E-state index is 0.0769. The van der Waals surface area contributed by atoms with Crippen molar-refractivity contribution in [3.63, 3.8) is 0 Å². The van der Waals surface area contributed by atoms with E-state index in [0.29, 0.717) is 0 Å². The van der Waals surface area contributed by atoms with Crippen LogP contribution in [0.5, 0.6) is 0 Å². The first-order valence-electron chi connectivity index (χ1n) is 6.40. The summed E-state index contributed by atoms with van der Waals surface area (Å²) in [4.78, 5) is 4.57. The summed E-state index contributed by atoms with van der Waals surface area (Å²) in [6.45, 7) is 2.01. The molecule has 1 atom stereocenters. The van der Waals surface area contributed by atoms with Crippen molar-refractivity contribution in [2.24, 2.45) is 5.84 Å². The molecule has 1 aliphatic rings. The second-order valence-electron chi connectivity index (χ2n) is 4.68. The molecule has 3 heteroatoms. The number of hydrogen-bond acceptors (Lipinski definition) is 3. The fraction of sp³-hybridized carbons (Fsp3) is 0.500. The van der Waals surface area contributed by atoms with E-state index in [4.69, 9.17) is 5.84 Å². The van der Waals surface area contributed by atoms with Gasteiger partial charge in [-0.05, 0) is 44.7 Å². The zero-order chi connectivity index (χ0) is 12.1. The standard InChI is InChI=1S/C14H21N3/c1-11-7-6-10-13(16-11)14(17-15)12-8-4-2-3-5-9-12/h6-8,10,14,17H,2-5,9,15H2,1H3. The van der Waals surface area contributed by atoms with Crippen LogP contribution in [-0.2, 0) is 0 Å². The fourth-order valence-corrected chi connectivity index (χ4v) is 2.41. The number of pyridine rings is 1. The number of rotatable bonds is 3. The average molecular weight is 231 g/mol. The van der Waals surface area contributed by atoms with Crippen molar-refractivity contribution in [1.82, 2.24) is 10.4 Å². The fourth-order valence-electron chi connectivity index (χ4n) is 2.41. The van der Waals surface area contributed by atoms with E-state index in [9.17, 15) is 0 Å². The molecule has 3 N–H and O–H groups in total. The topological polar surface area (TPSA) is 50.9 Å². The number of hydrogen-bond donors (Lipinski definition) is 2. The Morgan fingerprint density at radius 2 is 2.18 bits per heavy atom. The zero-order valence-electron chi connectivity index (χ0n) is 10.4. The molecule has 3 nitrogen and oxygen atoms in total. The van der Waals surface area contributed by atoms with Gasteiger partial charge in [-0.15, -0.1) is 0 Å². The lowest BCUT2D eigenvalue weighted by Crippen LogP contribution is -2.30. The molecule has 0 fully saturated rings. The Morgan fingerprint density at radius 1 is 1.29 bits per heavy atom. The minimum absolute atomic E-state index is 0.0769. The number of aryl methyl sites for hydroxylation is 1. The Morgan fingerprint density at radius 3 is 2.94 bits per heavy atom. The second kappa shape index (κ2) is 5.94. The normalized spacial score (nSPS) is 18.4. The van der Waals surface area contributed by atoms with Crippen molar-refractivity contribution in [1.29, 1.82) is 0 Å². The van der Waals surface area contributed by atoms with E-state index in [1.807, 2.05) is 25.1 Å². The molecular formula is C14H21N3. The van der Waals surface area contributed by atoms with Gasteiger partial charge in [0.1, 0.15) is 0 Å². The summed E-state index contributed by atoms with van der Waals surface area (Å²) >= 11 is 0. The van der Waals surface area contributed by atoms with Crippen LogP contribution in [0.3, 0.4) is 0 Å². The maximum Gasteiger partial charge on any atom is 0.0841 e. The van der Waals surface area contributed by atoms with Crippen LogP contribution in [0, 0.1) is 6.92 Å². The van der Waals surface area contributed by atoms with Gasteiger partial charge in [-0.3, -0.25) is 10.8 Å². The molecule has 0 bridgehead atoms. The van der Waals surface area contributed by atoms with Gasteiger partial charge in [0.15, 0.2) is 0 Å². The van der Waals surface area contributed by atoms with E-state index in [1.165, 1.54) is 31.3 Å². The first-order valence-corrected chi connectivity index (χ1v) is 6.40. The number of hydrazine groups is 1. The van der Waals surface area contributed by atoms with Gasteiger partial charge in [-0.25, -0.2) is 5.43 Å². The minimum Gasteiger partial charge on any atom is -0.271 e. The third-order valence-electron chi connectivity index (χ3n) is 3.32. The van der Waals surface area contributed by atoms with Gasteiger partial charge in [0.05, 0.1) is 11.7 Å². The summed E-state index contributed by atoms with van der Waals surface area (Å²) in [6, 6.07) is 6.18. The van der Waals surface area contributed by atoms with Gasteiger partial charge in [0.25, 0.3) is 0 Å². The molecule has 1 aromatic heterocycles. The smallest absolute Gasteiger partial charge is 0.0841 e. The van der Waals surface area contributed by atoms with Gasteiger partial charge >= 0.3 is 0 Å². The van der Waals surface area contributed by atoms with E-state index in [0.717, 1.165) is 17.8 Å². The van der Waals surface area contributed by atoms with Crippen LogP contribution in [0.4, 0.5) is 0 Å². The van der Waals surface area contributed by atoms with E-state index >= 15 is 0 Å². The highest BCUT2D eigenvalue weighted by Crippen LogP contribution is 2.27. The molecular weight excluding hydrogens is 210 g/mol. The molecule has 2 rings (SSSR count). The van der Waals surface area contributed by atoms with Crippen molar-refractivity contribution in [2.45, 2.75) is 45.1 Å². The van der Waals surface area contributed by atoms with Gasteiger partial charge in [-0.1, -0.05) is 24.1 Å². The van der Waals surface area contributed by atoms with E-state index in [-0.39, 0.29) is 6.04 Å². The largest absolute Gasteiger partial charge is 0.271 e. The van der Waals surface area contributed by atoms with Crippen LogP contribution in [0.2, 0.25) is 0 Å². The third-order valence-corrected chi connectivity index (χ3v) is 3.32. The summed E-state index contributed by atoms with van der Waals surface area (Å²) < 4.78 is 0. The zero-order valence-corrected chi connectivity index (χ0v) is 10.4. The Kier molecular flexibility index (Phi) is 4.29. The Balaban J connectivity index is 2.23. The van der Waals surface area contributed by atoms with E-state index in [2.05, 4.69) is 16.5 Å². The predicted octanol–water partition coefficient (Wildman–Crippen LogP) is 2.78. The SMILES string of the molecule is Cc1cccc(C(NN)C2=CCCCCC2)n1. The lowest BCUT2D eigenvalue weighted by Gasteiger charge is -2.19. The molecule has 0 saturated heterocycles. The number of nitrogens with one attached hydrogen (secondary N) is 1. The third kappa shape index (κ3) is 3.14. The molecule has 0 spiro atoms. The summed E-state index contributed by atoms with van der Waals surface area (Å²) in [5, 5.41) is 0. The lowest BCUT2D eigenvalue weighted by molar-refractivity contribution is 0.579. The molecule has 1 heterocycles. The van der Waals surface area contributed by atoms with Gasteiger partial charge in [0.2, 0.25) is 0 Å². The molecule has 1 aromatic rings. The number of aromatic nitrogens is 1. The van der Waals surface area contributed by atoms with Crippen molar-refractivity contribution < 1.29 is 0 Å². The molecule has 0 aliphatic heterocycles. The van der Waals surface area contributed by atoms with Crippen molar-refractivity contribution in [2.75, 3.05) is 0 Å². The quantitative estimate of drug-likeness (QED) is 0.478. The van der Waals surface area contributed by atoms with Crippen molar-refractivity contribution >= 4 is 0 Å². The highest BCUT2D eigenvalue weighted by atomic mass is 15.2. The summed E-state index contributed by atoms with van der Waals surface area (Å²) in [5.74, 6) is 5.71. The van der Waals surface area contributed by atoms with Crippen LogP contribution >= 0.6 is 0 Å². The molecule has 0 saturated carbocycles. The monoisotopic (exact) mass is 231 g/mol. The first-order chi connectivity index (χ1) is 8.31. The highest BCUT2D eigenvalue weighted by Gasteiger charge is 2.17. The van der Waals surface area contributed by atoms with E-state index < -0.39 is 0 Å². The number of allylic oxidation sites excluding steroid dienone is 1. The van der Waals surface area contributed by atoms with Gasteiger partial charge in [0, 0.05) is 5.69 Å². The molecule has 0 amide bonds. The van der Waals surface area contributed by atoms with Gasteiger partial charge in [-0.2, -0.15) is 0 Å². The molecule has 1 unspecified atom stereocenters. The molecule has 1 aliphatic carbocycles. The second-order valence-corrected chi connectivity index (χ2v) is 4.68. The Bertz CT molecular complexity index is 398. The summed E-state index contributed by atoms with van der Waals surface area (Å²) in [7, 11) is 0. The van der Waals surface area contributed by atoms with Crippen LogP contribution < -0.4 is 11.3 Å². The molecule has 0 aromatic carbocycles. The lowest BCUT2D eigenvalue weighted by atomic mass is 9.99. The van der Waals surface area contributed by atoms with E-state index in [1.54, 1.807) is 0 Å². The van der Waals surface area contributed by atoms with Gasteiger partial charge < -0.3 is 0 Å². The number of nitrogens with two attached hydrogens (primary N) is 1. The predicted molar refractivity (Wildman–Crippen MR) is 70.2 cm³/mol. The highest BCUT2D eigenvalue weighted by molar-refractivity contribution is 5.24.